The van der Waals surface area contributed by atoms with Gasteiger partial charge >= 0.3 is 6.03 Å². The second-order valence-electron chi connectivity index (χ2n) is 9.02. The van der Waals surface area contributed by atoms with Gasteiger partial charge in [0.05, 0.1) is 11.4 Å². The number of aromatic nitrogens is 1. The molecule has 1 N–H and O–H groups in total. The molecule has 3 heterocycles. The molecule has 170 valence electrons. The third-order valence-corrected chi connectivity index (χ3v) is 5.90. The van der Waals surface area contributed by atoms with Crippen LogP contribution in [0.25, 0.3) is 11.3 Å². The van der Waals surface area contributed by atoms with E-state index in [-0.39, 0.29) is 24.4 Å². The number of nitrogens with one attached hydrogen (secondary N) is 1. The van der Waals surface area contributed by atoms with Crippen molar-refractivity contribution in [3.8, 4) is 11.3 Å². The zero-order valence-corrected chi connectivity index (χ0v) is 18.9. The molecule has 7 nitrogen and oxygen atoms in total. The number of hydrogen-bond donors (Lipinski definition) is 1. The molecule has 1 aromatic carbocycles. The predicted molar refractivity (Wildman–Crippen MR) is 123 cm³/mol. The number of nitrogens with zero attached hydrogens (tertiary/aromatic N) is 3. The molecule has 0 aliphatic carbocycles. The Balaban J connectivity index is 1.36. The van der Waals surface area contributed by atoms with Gasteiger partial charge in [0.1, 0.15) is 6.54 Å². The SMILES string of the molecule is CC(C)CN1C(=O)CN(Cc2ccc(-c3cccc(CNC4CCOCC4)n3)cc2)C1=O. The lowest BCUT2D eigenvalue weighted by atomic mass is 10.1. The van der Waals surface area contributed by atoms with E-state index in [2.05, 4.69) is 5.32 Å². The number of carbonyl (C=O) groups is 2. The number of pyridine rings is 1. The third kappa shape index (κ3) is 5.53. The van der Waals surface area contributed by atoms with E-state index in [1.54, 1.807) is 4.90 Å². The Labute approximate surface area is 189 Å². The van der Waals surface area contributed by atoms with E-state index >= 15 is 0 Å². The maximum Gasteiger partial charge on any atom is 0.327 e. The fourth-order valence-corrected chi connectivity index (χ4v) is 4.15. The normalized spacial score (nSPS) is 17.6. The van der Waals surface area contributed by atoms with Crippen molar-refractivity contribution >= 4 is 11.9 Å². The van der Waals surface area contributed by atoms with Crippen LogP contribution in [0.2, 0.25) is 0 Å². The lowest BCUT2D eigenvalue weighted by molar-refractivity contribution is -0.125. The summed E-state index contributed by atoms with van der Waals surface area (Å²) in [5.74, 6) is 0.146. The van der Waals surface area contributed by atoms with Crippen molar-refractivity contribution in [2.24, 2.45) is 5.92 Å². The number of ether oxygens (including phenoxy) is 1. The molecular formula is C25H32N4O3. The molecule has 2 aromatic rings. The van der Waals surface area contributed by atoms with E-state index in [0.29, 0.717) is 19.1 Å². The molecule has 2 aliphatic heterocycles. The Morgan fingerprint density at radius 3 is 2.56 bits per heavy atom. The number of hydrogen-bond acceptors (Lipinski definition) is 5. The molecule has 7 heteroatoms. The van der Waals surface area contributed by atoms with Crippen LogP contribution in [0, 0.1) is 5.92 Å². The molecule has 2 saturated heterocycles. The molecule has 2 fully saturated rings. The van der Waals surface area contributed by atoms with Gasteiger partial charge < -0.3 is 15.0 Å². The second kappa shape index (κ2) is 10.2. The van der Waals surface area contributed by atoms with E-state index in [0.717, 1.165) is 55.1 Å². The lowest BCUT2D eigenvalue weighted by Crippen LogP contribution is -2.35. The Bertz CT molecular complexity index is 938. The van der Waals surface area contributed by atoms with Crippen LogP contribution < -0.4 is 5.32 Å². The molecule has 1 aromatic heterocycles. The largest absolute Gasteiger partial charge is 0.381 e. The highest BCUT2D eigenvalue weighted by atomic mass is 16.5. The second-order valence-corrected chi connectivity index (χ2v) is 9.02. The first kappa shape index (κ1) is 22.4. The zero-order chi connectivity index (χ0) is 22.5. The van der Waals surface area contributed by atoms with Crippen molar-refractivity contribution in [1.29, 1.82) is 0 Å². The number of amides is 3. The van der Waals surface area contributed by atoms with Crippen LogP contribution in [0.1, 0.15) is 37.9 Å². The highest BCUT2D eigenvalue weighted by Crippen LogP contribution is 2.21. The summed E-state index contributed by atoms with van der Waals surface area (Å²) in [5, 5.41) is 3.58. The fourth-order valence-electron chi connectivity index (χ4n) is 4.15. The smallest absolute Gasteiger partial charge is 0.327 e. The van der Waals surface area contributed by atoms with Crippen LogP contribution in [-0.2, 0) is 22.6 Å². The van der Waals surface area contributed by atoms with Crippen molar-refractivity contribution < 1.29 is 14.3 Å². The molecular weight excluding hydrogens is 404 g/mol. The maximum absolute atomic E-state index is 12.6. The molecule has 2 aliphatic rings. The lowest BCUT2D eigenvalue weighted by Gasteiger charge is -2.23. The fraction of sp³-hybridized carbons (Fsp3) is 0.480. The topological polar surface area (TPSA) is 74.8 Å². The molecule has 0 radical (unpaired) electrons. The highest BCUT2D eigenvalue weighted by Gasteiger charge is 2.35. The van der Waals surface area contributed by atoms with Gasteiger partial charge in [-0.3, -0.25) is 14.7 Å². The standard InChI is InChI=1S/C25H32N4O3/c1-18(2)15-29-24(30)17-28(25(29)31)16-19-6-8-20(9-7-19)23-5-3-4-22(27-23)14-26-21-10-12-32-13-11-21/h3-9,18,21,26H,10-17H2,1-2H3. The van der Waals surface area contributed by atoms with Crippen LogP contribution in [0.4, 0.5) is 4.79 Å². The minimum Gasteiger partial charge on any atom is -0.381 e. The minimum atomic E-state index is -0.195. The number of imide groups is 1. The predicted octanol–water partition coefficient (Wildman–Crippen LogP) is 3.44. The Morgan fingerprint density at radius 1 is 1.09 bits per heavy atom. The summed E-state index contributed by atoms with van der Waals surface area (Å²) in [6.07, 6.45) is 2.09. The van der Waals surface area contributed by atoms with Crippen LogP contribution in [0.5, 0.6) is 0 Å². The van der Waals surface area contributed by atoms with E-state index in [1.807, 2.05) is 56.3 Å². The first-order valence-electron chi connectivity index (χ1n) is 11.5. The van der Waals surface area contributed by atoms with Gasteiger partial charge in [-0.15, -0.1) is 0 Å². The first-order valence-corrected chi connectivity index (χ1v) is 11.5. The summed E-state index contributed by atoms with van der Waals surface area (Å²) in [6.45, 7) is 7.46. The number of carbonyl (C=O) groups excluding carboxylic acids is 2. The first-order chi connectivity index (χ1) is 15.5. The van der Waals surface area contributed by atoms with Crippen LogP contribution in [0.15, 0.2) is 42.5 Å². The van der Waals surface area contributed by atoms with Crippen molar-refractivity contribution in [1.82, 2.24) is 20.1 Å². The van der Waals surface area contributed by atoms with Gasteiger partial charge in [0.2, 0.25) is 5.91 Å². The molecule has 3 amide bonds. The molecule has 4 rings (SSSR count). The number of urea groups is 1. The van der Waals surface area contributed by atoms with Crippen molar-refractivity contribution in [3.63, 3.8) is 0 Å². The van der Waals surface area contributed by atoms with Crippen LogP contribution in [0.3, 0.4) is 0 Å². The van der Waals surface area contributed by atoms with Gasteiger partial charge in [-0.1, -0.05) is 44.2 Å². The van der Waals surface area contributed by atoms with Gasteiger partial charge in [0.15, 0.2) is 0 Å². The molecule has 0 atom stereocenters. The minimum absolute atomic E-state index is 0.115. The molecule has 32 heavy (non-hydrogen) atoms. The van der Waals surface area contributed by atoms with Gasteiger partial charge in [-0.25, -0.2) is 4.79 Å². The van der Waals surface area contributed by atoms with Crippen molar-refractivity contribution in [3.05, 3.63) is 53.7 Å². The van der Waals surface area contributed by atoms with Crippen LogP contribution in [-0.4, -0.2) is 59.1 Å². The summed E-state index contributed by atoms with van der Waals surface area (Å²) in [6, 6.07) is 14.5. The van der Waals surface area contributed by atoms with E-state index in [4.69, 9.17) is 9.72 Å². The Kier molecular flexibility index (Phi) is 7.17. The van der Waals surface area contributed by atoms with Gasteiger partial charge in [0, 0.05) is 44.5 Å². The Morgan fingerprint density at radius 2 is 1.84 bits per heavy atom. The monoisotopic (exact) mass is 436 g/mol. The summed E-state index contributed by atoms with van der Waals surface area (Å²) in [7, 11) is 0. The van der Waals surface area contributed by atoms with Crippen LogP contribution >= 0.6 is 0 Å². The molecule has 0 bridgehead atoms. The summed E-state index contributed by atoms with van der Waals surface area (Å²) in [4.78, 5) is 32.5. The van der Waals surface area contributed by atoms with Crippen molar-refractivity contribution in [2.75, 3.05) is 26.3 Å². The quantitative estimate of drug-likeness (QED) is 0.642. The van der Waals surface area contributed by atoms with Gasteiger partial charge in [0.25, 0.3) is 0 Å². The summed E-state index contributed by atoms with van der Waals surface area (Å²) < 4.78 is 5.42. The average molecular weight is 437 g/mol. The molecule has 0 saturated carbocycles. The molecule has 0 unspecified atom stereocenters. The average Bonchev–Trinajstić information content (AvgIpc) is 3.06. The Hall–Kier alpha value is -2.77. The zero-order valence-electron chi connectivity index (χ0n) is 18.9. The van der Waals surface area contributed by atoms with E-state index < -0.39 is 0 Å². The summed E-state index contributed by atoms with van der Waals surface area (Å²) in [5.41, 5.74) is 3.98. The van der Waals surface area contributed by atoms with Crippen molar-refractivity contribution in [2.45, 2.75) is 45.8 Å². The van der Waals surface area contributed by atoms with Gasteiger partial charge in [-0.05, 0) is 36.5 Å². The van der Waals surface area contributed by atoms with E-state index in [1.165, 1.54) is 4.90 Å². The van der Waals surface area contributed by atoms with E-state index in [9.17, 15) is 9.59 Å². The number of rotatable bonds is 8. The third-order valence-electron chi connectivity index (χ3n) is 5.90. The van der Waals surface area contributed by atoms with Gasteiger partial charge in [-0.2, -0.15) is 0 Å². The number of benzene rings is 1. The highest BCUT2D eigenvalue weighted by molar-refractivity contribution is 6.01. The summed E-state index contributed by atoms with van der Waals surface area (Å²) >= 11 is 0. The molecule has 0 spiro atoms. The maximum atomic E-state index is 12.6.